The first-order chi connectivity index (χ1) is 17.8. The molecule has 4 rings (SSSR count). The van der Waals surface area contributed by atoms with Crippen LogP contribution in [-0.2, 0) is 9.53 Å². The summed E-state index contributed by atoms with van der Waals surface area (Å²) in [6.45, 7) is 5.85. The van der Waals surface area contributed by atoms with Gasteiger partial charge >= 0.3 is 5.97 Å². The maximum atomic E-state index is 13.8. The zero-order valence-electron chi connectivity index (χ0n) is 20.8. The van der Waals surface area contributed by atoms with Crippen LogP contribution in [0.3, 0.4) is 0 Å². The van der Waals surface area contributed by atoms with Crippen molar-refractivity contribution >= 4 is 46.0 Å². The van der Waals surface area contributed by atoms with E-state index < -0.39 is 12.0 Å². The number of hydrogen-bond donors (Lipinski definition) is 0. The maximum Gasteiger partial charge on any atom is 0.338 e. The molecule has 0 fully saturated rings. The van der Waals surface area contributed by atoms with Crippen LogP contribution in [0.25, 0.3) is 6.08 Å². The number of rotatable bonds is 7. The molecule has 37 heavy (non-hydrogen) atoms. The van der Waals surface area contributed by atoms with Gasteiger partial charge in [-0.25, -0.2) is 9.79 Å². The van der Waals surface area contributed by atoms with E-state index in [9.17, 15) is 9.59 Å². The number of carbonyl (C=O) groups is 1. The van der Waals surface area contributed by atoms with Crippen LogP contribution in [0.15, 0.2) is 57.5 Å². The zero-order chi connectivity index (χ0) is 26.7. The van der Waals surface area contributed by atoms with Crippen LogP contribution in [0, 0.1) is 22.8 Å². The average molecular weight is 628 g/mol. The molecule has 0 unspecified atom stereocenters. The molecule has 0 spiro atoms. The van der Waals surface area contributed by atoms with Gasteiger partial charge in [0, 0.05) is 0 Å². The summed E-state index contributed by atoms with van der Waals surface area (Å²) in [7, 11) is 1.55. The van der Waals surface area contributed by atoms with Crippen molar-refractivity contribution in [2.45, 2.75) is 26.8 Å². The number of carbonyl (C=O) groups excluding carboxylic acids is 1. The lowest BCUT2D eigenvalue weighted by molar-refractivity contribution is -0.139. The molecule has 7 nitrogen and oxygen atoms in total. The highest BCUT2D eigenvalue weighted by Crippen LogP contribution is 2.34. The van der Waals surface area contributed by atoms with Gasteiger partial charge in [0.2, 0.25) is 0 Å². The Kier molecular flexibility index (Phi) is 8.19. The van der Waals surface area contributed by atoms with E-state index in [1.807, 2.05) is 37.3 Å². The van der Waals surface area contributed by atoms with Crippen molar-refractivity contribution in [1.29, 1.82) is 0 Å². The lowest BCUT2D eigenvalue weighted by atomic mass is 9.95. The van der Waals surface area contributed by atoms with Crippen molar-refractivity contribution in [3.05, 3.63) is 87.6 Å². The van der Waals surface area contributed by atoms with Crippen LogP contribution in [0.2, 0.25) is 0 Å². The summed E-state index contributed by atoms with van der Waals surface area (Å²) < 4.78 is 19.3. The third-order valence-electron chi connectivity index (χ3n) is 5.76. The second-order valence-electron chi connectivity index (χ2n) is 8.24. The molecule has 0 radical (unpaired) electrons. The van der Waals surface area contributed by atoms with Gasteiger partial charge in [-0.05, 0) is 72.7 Å². The van der Waals surface area contributed by atoms with Crippen molar-refractivity contribution in [2.24, 2.45) is 4.99 Å². The number of aryl methyl sites for hydroxylation is 1. The molecule has 2 heterocycles. The van der Waals surface area contributed by atoms with Crippen LogP contribution >= 0.6 is 33.9 Å². The summed E-state index contributed by atoms with van der Waals surface area (Å²) >= 11 is 3.41. The summed E-state index contributed by atoms with van der Waals surface area (Å²) in [5.41, 5.74) is 3.28. The highest BCUT2D eigenvalue weighted by molar-refractivity contribution is 14.1. The molecule has 0 bridgehead atoms. The van der Waals surface area contributed by atoms with E-state index in [1.54, 1.807) is 37.7 Å². The van der Waals surface area contributed by atoms with Gasteiger partial charge in [-0.2, -0.15) is 0 Å². The molecule has 1 aromatic heterocycles. The Morgan fingerprint density at radius 3 is 2.65 bits per heavy atom. The van der Waals surface area contributed by atoms with Gasteiger partial charge in [-0.3, -0.25) is 9.36 Å². The first-order valence-electron chi connectivity index (χ1n) is 11.5. The number of nitrogens with zero attached hydrogens (tertiary/aromatic N) is 2. The van der Waals surface area contributed by atoms with Crippen molar-refractivity contribution < 1.29 is 19.0 Å². The molecule has 0 amide bonds. The van der Waals surface area contributed by atoms with Crippen molar-refractivity contribution in [1.82, 2.24) is 4.57 Å². The lowest BCUT2D eigenvalue weighted by Gasteiger charge is -2.24. The standard InChI is InChI=1S/C28H25IN2O5S/c1-6-12-36-25-20(29)13-18(14-21(25)34-5)15-22-26(32)31-24(19-10-8-16(3)9-11-19)23(27(33)35-7-2)17(4)30-28(31)37-22/h1,8-11,13-15,24H,7,12H2,2-5H3/b22-15+/t24-/m1/s1. The highest BCUT2D eigenvalue weighted by atomic mass is 127. The van der Waals surface area contributed by atoms with Gasteiger partial charge in [-0.15, -0.1) is 6.42 Å². The number of methoxy groups -OCH3 is 1. The van der Waals surface area contributed by atoms with E-state index in [-0.39, 0.29) is 18.8 Å². The Balaban J connectivity index is 1.90. The van der Waals surface area contributed by atoms with Gasteiger partial charge in [0.25, 0.3) is 5.56 Å². The largest absolute Gasteiger partial charge is 0.493 e. The predicted octanol–water partition coefficient (Wildman–Crippen LogP) is 3.73. The number of hydrogen-bond acceptors (Lipinski definition) is 7. The predicted molar refractivity (Wildman–Crippen MR) is 152 cm³/mol. The fourth-order valence-electron chi connectivity index (χ4n) is 4.08. The van der Waals surface area contributed by atoms with E-state index in [0.29, 0.717) is 32.1 Å². The first-order valence-corrected chi connectivity index (χ1v) is 13.4. The van der Waals surface area contributed by atoms with Crippen molar-refractivity contribution in [2.75, 3.05) is 20.3 Å². The van der Waals surface area contributed by atoms with Gasteiger partial charge in [0.05, 0.1) is 39.1 Å². The highest BCUT2D eigenvalue weighted by Gasteiger charge is 2.33. The number of terminal acetylenes is 1. The summed E-state index contributed by atoms with van der Waals surface area (Å²) in [6, 6.07) is 10.8. The molecule has 0 N–H and O–H groups in total. The monoisotopic (exact) mass is 628 g/mol. The Morgan fingerprint density at radius 2 is 2.00 bits per heavy atom. The van der Waals surface area contributed by atoms with Gasteiger partial charge in [-0.1, -0.05) is 47.1 Å². The number of fused-ring (bicyclic) bond motifs is 1. The molecule has 9 heteroatoms. The van der Waals surface area contributed by atoms with E-state index >= 15 is 0 Å². The third kappa shape index (κ3) is 5.36. The third-order valence-corrected chi connectivity index (χ3v) is 7.54. The summed E-state index contributed by atoms with van der Waals surface area (Å²) in [5.74, 6) is 3.03. The molecule has 1 aliphatic heterocycles. The lowest BCUT2D eigenvalue weighted by Crippen LogP contribution is -2.39. The number of esters is 1. The molecular formula is C28H25IN2O5S. The van der Waals surface area contributed by atoms with Gasteiger partial charge in [0.1, 0.15) is 6.61 Å². The van der Waals surface area contributed by atoms with E-state index in [1.165, 1.54) is 11.3 Å². The maximum absolute atomic E-state index is 13.8. The first kappa shape index (κ1) is 26.7. The minimum atomic E-state index is -0.646. The van der Waals surface area contributed by atoms with Gasteiger partial charge < -0.3 is 14.2 Å². The molecule has 190 valence electrons. The van der Waals surface area contributed by atoms with E-state index in [2.05, 4.69) is 33.5 Å². The number of aromatic nitrogens is 1. The second-order valence-corrected chi connectivity index (χ2v) is 10.4. The zero-order valence-corrected chi connectivity index (χ0v) is 23.8. The average Bonchev–Trinajstić information content (AvgIpc) is 3.17. The number of benzene rings is 2. The van der Waals surface area contributed by atoms with Crippen LogP contribution in [0.4, 0.5) is 0 Å². The number of ether oxygens (including phenoxy) is 3. The van der Waals surface area contributed by atoms with Gasteiger partial charge in [0.15, 0.2) is 16.3 Å². The van der Waals surface area contributed by atoms with Crippen molar-refractivity contribution in [3.63, 3.8) is 0 Å². The second kappa shape index (κ2) is 11.4. The normalized spacial score (nSPS) is 15.0. The van der Waals surface area contributed by atoms with Crippen LogP contribution < -0.4 is 24.4 Å². The number of halogens is 1. The fourth-order valence-corrected chi connectivity index (χ4v) is 5.91. The van der Waals surface area contributed by atoms with Crippen LogP contribution in [0.5, 0.6) is 11.5 Å². The minimum absolute atomic E-state index is 0.117. The SMILES string of the molecule is C#CCOc1c(I)cc(/C=c2/sc3n(c2=O)[C@H](c2ccc(C)cc2)C(C(=O)OCC)=C(C)N=3)cc1OC. The van der Waals surface area contributed by atoms with E-state index in [0.717, 1.165) is 20.3 Å². The summed E-state index contributed by atoms with van der Waals surface area (Å²) in [6.07, 6.45) is 7.12. The molecule has 0 saturated heterocycles. The quantitative estimate of drug-likeness (QED) is 0.227. The topological polar surface area (TPSA) is 79.1 Å². The molecular weight excluding hydrogens is 603 g/mol. The fraction of sp³-hybridized carbons (Fsp3) is 0.250. The molecule has 1 aliphatic rings. The summed E-state index contributed by atoms with van der Waals surface area (Å²) in [4.78, 5) is 31.9. The molecule has 2 aromatic carbocycles. The Morgan fingerprint density at radius 1 is 1.27 bits per heavy atom. The van der Waals surface area contributed by atoms with Crippen LogP contribution in [0.1, 0.15) is 36.6 Å². The minimum Gasteiger partial charge on any atom is -0.493 e. The Labute approximate surface area is 232 Å². The molecule has 0 aliphatic carbocycles. The molecule has 3 aromatic rings. The van der Waals surface area contributed by atoms with Crippen molar-refractivity contribution in [3.8, 4) is 23.8 Å². The molecule has 0 saturated carbocycles. The number of allylic oxidation sites excluding steroid dienone is 1. The molecule has 1 atom stereocenters. The van der Waals surface area contributed by atoms with E-state index in [4.69, 9.17) is 20.6 Å². The Bertz CT molecular complexity index is 1610. The smallest absolute Gasteiger partial charge is 0.338 e. The Hall–Kier alpha value is -3.36. The van der Waals surface area contributed by atoms with Crippen LogP contribution in [-0.4, -0.2) is 30.9 Å². The summed E-state index contributed by atoms with van der Waals surface area (Å²) in [5, 5.41) is 0. The number of thiazole rings is 1.